The molecule has 8 nitrogen and oxygen atoms in total. The first-order valence-electron chi connectivity index (χ1n) is 10.8. The number of thiophene rings is 1. The Balaban J connectivity index is 1.70. The summed E-state index contributed by atoms with van der Waals surface area (Å²) >= 11 is 1.03. The number of carbonyl (C=O) groups is 2. The van der Waals surface area contributed by atoms with Crippen LogP contribution < -0.4 is 5.32 Å². The molecule has 0 aliphatic rings. The molecule has 4 aromatic rings. The number of methoxy groups -OCH3 is 1. The Hall–Kier alpha value is -4.15. The van der Waals surface area contributed by atoms with Crippen LogP contribution in [0.25, 0.3) is 10.1 Å². The Bertz CT molecular complexity index is 1450. The third-order valence-corrected chi connectivity index (χ3v) is 6.59. The number of nitrogens with zero attached hydrogens (tertiary/aromatic N) is 1. The number of nitro benzene ring substituents is 1. The van der Waals surface area contributed by atoms with E-state index in [2.05, 4.69) is 5.32 Å². The standard InChI is InChI=1S/C26H21FN2O6S/c1-15-11-12-19(20(13-15)29(32)33)28-25(30)23(16-7-4-3-5-8-16)35-26(31)24-17(14-34-2)22-18(27)9-6-10-21(22)36-24/h3-13,23H,14H2,1-2H3,(H,28,30). The van der Waals surface area contributed by atoms with Gasteiger partial charge in [-0.25, -0.2) is 9.18 Å². The molecule has 1 N–H and O–H groups in total. The Morgan fingerprint density at radius 2 is 1.86 bits per heavy atom. The molecule has 184 valence electrons. The van der Waals surface area contributed by atoms with E-state index in [1.54, 1.807) is 49.4 Å². The van der Waals surface area contributed by atoms with Gasteiger partial charge in [-0.3, -0.25) is 14.9 Å². The van der Waals surface area contributed by atoms with Crippen LogP contribution in [0, 0.1) is 22.9 Å². The number of benzene rings is 3. The van der Waals surface area contributed by atoms with E-state index in [9.17, 15) is 24.1 Å². The first-order valence-corrected chi connectivity index (χ1v) is 11.6. The fourth-order valence-electron chi connectivity index (χ4n) is 3.77. The summed E-state index contributed by atoms with van der Waals surface area (Å²) in [5, 5.41) is 14.3. The monoisotopic (exact) mass is 508 g/mol. The molecule has 4 rings (SSSR count). The first kappa shape index (κ1) is 25.0. The van der Waals surface area contributed by atoms with E-state index in [0.717, 1.165) is 11.3 Å². The number of rotatable bonds is 8. The number of hydrogen-bond acceptors (Lipinski definition) is 7. The minimum Gasteiger partial charge on any atom is -0.443 e. The molecule has 1 aromatic heterocycles. The highest BCUT2D eigenvalue weighted by Gasteiger charge is 2.30. The van der Waals surface area contributed by atoms with Gasteiger partial charge in [0.25, 0.3) is 11.6 Å². The second-order valence-electron chi connectivity index (χ2n) is 7.92. The quantitative estimate of drug-likeness (QED) is 0.179. The number of fused-ring (bicyclic) bond motifs is 1. The maximum atomic E-state index is 14.6. The summed E-state index contributed by atoms with van der Waals surface area (Å²) in [6, 6.07) is 17.1. The van der Waals surface area contributed by atoms with Gasteiger partial charge in [0, 0.05) is 34.4 Å². The van der Waals surface area contributed by atoms with Gasteiger partial charge in [-0.15, -0.1) is 11.3 Å². The van der Waals surface area contributed by atoms with Gasteiger partial charge >= 0.3 is 5.97 Å². The highest BCUT2D eigenvalue weighted by molar-refractivity contribution is 7.21. The van der Waals surface area contributed by atoms with Crippen molar-refractivity contribution in [3.63, 3.8) is 0 Å². The zero-order valence-corrected chi connectivity index (χ0v) is 20.1. The number of ether oxygens (including phenoxy) is 2. The molecule has 10 heteroatoms. The van der Waals surface area contributed by atoms with Crippen molar-refractivity contribution < 1.29 is 28.4 Å². The van der Waals surface area contributed by atoms with Crippen LogP contribution in [-0.4, -0.2) is 23.9 Å². The normalized spacial score (nSPS) is 11.8. The number of carbonyl (C=O) groups excluding carboxylic acids is 2. The van der Waals surface area contributed by atoms with Gasteiger partial charge in [-0.05, 0) is 30.7 Å². The summed E-state index contributed by atoms with van der Waals surface area (Å²) in [7, 11) is 1.42. The zero-order valence-electron chi connectivity index (χ0n) is 19.3. The van der Waals surface area contributed by atoms with Crippen LogP contribution in [-0.2, 0) is 20.9 Å². The Kier molecular flexibility index (Phi) is 7.37. The largest absolute Gasteiger partial charge is 0.443 e. The summed E-state index contributed by atoms with van der Waals surface area (Å²) in [4.78, 5) is 37.6. The maximum absolute atomic E-state index is 14.6. The SMILES string of the molecule is COCc1c(C(=O)OC(C(=O)Nc2ccc(C)cc2[N+](=O)[O-])c2ccccc2)sc2cccc(F)c12. The van der Waals surface area contributed by atoms with Crippen molar-refractivity contribution in [1.29, 1.82) is 0 Å². The van der Waals surface area contributed by atoms with E-state index in [0.29, 0.717) is 21.4 Å². The topological polar surface area (TPSA) is 108 Å². The fraction of sp³-hybridized carbons (Fsp3) is 0.154. The van der Waals surface area contributed by atoms with E-state index >= 15 is 0 Å². The van der Waals surface area contributed by atoms with Crippen LogP contribution in [0.1, 0.15) is 32.5 Å². The van der Waals surface area contributed by atoms with E-state index in [4.69, 9.17) is 9.47 Å². The van der Waals surface area contributed by atoms with Crippen molar-refractivity contribution in [2.45, 2.75) is 19.6 Å². The summed E-state index contributed by atoms with van der Waals surface area (Å²) in [6.07, 6.45) is -1.43. The van der Waals surface area contributed by atoms with Crippen molar-refractivity contribution in [3.05, 3.63) is 104 Å². The van der Waals surface area contributed by atoms with Gasteiger partial charge < -0.3 is 14.8 Å². The lowest BCUT2D eigenvalue weighted by Crippen LogP contribution is -2.26. The van der Waals surface area contributed by atoms with Crippen LogP contribution in [0.5, 0.6) is 0 Å². The van der Waals surface area contributed by atoms with Crippen LogP contribution in [0.4, 0.5) is 15.8 Å². The molecule has 0 saturated heterocycles. The summed E-state index contributed by atoms with van der Waals surface area (Å²) in [5.41, 5.74) is 1.01. The molecule has 0 aliphatic heterocycles. The molecule has 3 aromatic carbocycles. The van der Waals surface area contributed by atoms with E-state index < -0.39 is 28.7 Å². The number of amides is 1. The number of nitrogens with one attached hydrogen (secondary N) is 1. The molecule has 1 amide bonds. The lowest BCUT2D eigenvalue weighted by Gasteiger charge is -2.18. The number of hydrogen-bond donors (Lipinski definition) is 1. The Morgan fingerprint density at radius 1 is 1.11 bits per heavy atom. The van der Waals surface area contributed by atoms with E-state index in [-0.39, 0.29) is 28.2 Å². The highest BCUT2D eigenvalue weighted by Crippen LogP contribution is 2.35. The lowest BCUT2D eigenvalue weighted by atomic mass is 10.1. The van der Waals surface area contributed by atoms with Crippen molar-refractivity contribution in [1.82, 2.24) is 0 Å². The number of nitro groups is 1. The van der Waals surface area contributed by atoms with Crippen molar-refractivity contribution in [3.8, 4) is 0 Å². The third-order valence-electron chi connectivity index (χ3n) is 5.41. The molecule has 0 aliphatic carbocycles. The molecule has 1 unspecified atom stereocenters. The smallest absolute Gasteiger partial charge is 0.349 e. The second-order valence-corrected chi connectivity index (χ2v) is 8.97. The van der Waals surface area contributed by atoms with Gasteiger partial charge in [0.15, 0.2) is 0 Å². The maximum Gasteiger partial charge on any atom is 0.349 e. The zero-order chi connectivity index (χ0) is 25.8. The van der Waals surface area contributed by atoms with E-state index in [1.807, 2.05) is 0 Å². The van der Waals surface area contributed by atoms with Crippen LogP contribution in [0.2, 0.25) is 0 Å². The molecule has 0 fully saturated rings. The number of esters is 1. The van der Waals surface area contributed by atoms with Crippen molar-refractivity contribution in [2.75, 3.05) is 12.4 Å². The molecule has 0 radical (unpaired) electrons. The molecule has 0 saturated carbocycles. The van der Waals surface area contributed by atoms with Crippen LogP contribution in [0.15, 0.2) is 66.7 Å². The minimum atomic E-state index is -1.43. The molecular formula is C26H21FN2O6S. The number of anilines is 1. The molecule has 36 heavy (non-hydrogen) atoms. The predicted octanol–water partition coefficient (Wildman–Crippen LogP) is 5.94. The Labute approximate surface area is 209 Å². The summed E-state index contributed by atoms with van der Waals surface area (Å²) in [6.45, 7) is 1.65. The number of halogens is 1. The van der Waals surface area contributed by atoms with Crippen LogP contribution >= 0.6 is 11.3 Å². The minimum absolute atomic E-state index is 0.0309. The molecule has 0 spiro atoms. The van der Waals surface area contributed by atoms with Crippen molar-refractivity contribution >= 4 is 44.7 Å². The average Bonchev–Trinajstić information content (AvgIpc) is 3.24. The molecule has 0 bridgehead atoms. The molecule has 1 atom stereocenters. The Morgan fingerprint density at radius 3 is 2.56 bits per heavy atom. The van der Waals surface area contributed by atoms with Gasteiger partial charge in [0.1, 0.15) is 16.4 Å². The summed E-state index contributed by atoms with van der Waals surface area (Å²) in [5.74, 6) is -2.12. The first-order chi connectivity index (χ1) is 17.3. The summed E-state index contributed by atoms with van der Waals surface area (Å²) < 4.78 is 25.9. The van der Waals surface area contributed by atoms with Gasteiger partial charge in [0.05, 0.1) is 11.5 Å². The number of aryl methyl sites for hydroxylation is 1. The van der Waals surface area contributed by atoms with Crippen LogP contribution in [0.3, 0.4) is 0 Å². The van der Waals surface area contributed by atoms with Gasteiger partial charge in [-0.1, -0.05) is 42.5 Å². The fourth-order valence-corrected chi connectivity index (χ4v) is 4.88. The van der Waals surface area contributed by atoms with Crippen molar-refractivity contribution in [2.24, 2.45) is 0 Å². The average molecular weight is 509 g/mol. The molecular weight excluding hydrogens is 487 g/mol. The predicted molar refractivity (Wildman–Crippen MR) is 134 cm³/mol. The van der Waals surface area contributed by atoms with Gasteiger partial charge in [-0.2, -0.15) is 0 Å². The lowest BCUT2D eigenvalue weighted by molar-refractivity contribution is -0.384. The highest BCUT2D eigenvalue weighted by atomic mass is 32.1. The molecule has 1 heterocycles. The van der Waals surface area contributed by atoms with E-state index in [1.165, 1.54) is 31.4 Å². The second kappa shape index (κ2) is 10.6. The van der Waals surface area contributed by atoms with Gasteiger partial charge in [0.2, 0.25) is 6.10 Å². The third kappa shape index (κ3) is 5.09.